The van der Waals surface area contributed by atoms with Crippen LogP contribution in [0.2, 0.25) is 0 Å². The number of amides is 2. The van der Waals surface area contributed by atoms with E-state index < -0.39 is 93.3 Å². The molecule has 3 rings (SSSR count). The fraction of sp³-hybridized carbons (Fsp3) is 0.217. The van der Waals surface area contributed by atoms with Gasteiger partial charge in [0.2, 0.25) is 5.95 Å². The molecule has 3 N–H and O–H groups in total. The van der Waals surface area contributed by atoms with Gasteiger partial charge >= 0.3 is 24.4 Å². The molecule has 0 fully saturated rings. The zero-order valence-electron chi connectivity index (χ0n) is 20.1. The lowest BCUT2D eigenvalue weighted by atomic mass is 10.1. The molecule has 0 aliphatic carbocycles. The number of carbonyl (C=O) groups excluding carboxylic acids is 1. The molecule has 0 saturated carbocycles. The zero-order valence-corrected chi connectivity index (χ0v) is 20.9. The minimum absolute atomic E-state index is 0.258. The van der Waals surface area contributed by atoms with Gasteiger partial charge < -0.3 is 15.7 Å². The second kappa shape index (κ2) is 12.5. The van der Waals surface area contributed by atoms with Crippen LogP contribution in [0.5, 0.6) is 0 Å². The Hall–Kier alpha value is -4.22. The third kappa shape index (κ3) is 8.89. The Labute approximate surface area is 226 Å². The third-order valence-electron chi connectivity index (χ3n) is 4.91. The van der Waals surface area contributed by atoms with Crippen molar-refractivity contribution in [2.75, 3.05) is 17.6 Å². The standard InChI is InChI=1S/C23H16F9N5O3S/c24-13-1-2-15(16(25)8-13)18-17(26)9-34-20(36-18)35-14-6-11(5-12(7-14)22(27,28)29)10-41(4-3-33-21(39)40)37-19(38)23(30,31)32/h1-2,5-9,33H,3-4,10H2,(H,39,40)(H,34,35,36). The van der Waals surface area contributed by atoms with Gasteiger partial charge in [-0.25, -0.2) is 27.9 Å². The molecule has 1 heterocycles. The summed E-state index contributed by atoms with van der Waals surface area (Å²) < 4.78 is 124. The summed E-state index contributed by atoms with van der Waals surface area (Å²) >= 11 is 0. The predicted octanol–water partition coefficient (Wildman–Crippen LogP) is 5.98. The van der Waals surface area contributed by atoms with Crippen LogP contribution in [0.1, 0.15) is 11.1 Å². The molecule has 2 amide bonds. The third-order valence-corrected chi connectivity index (χ3v) is 6.67. The topological polar surface area (TPSA) is 117 Å². The van der Waals surface area contributed by atoms with Crippen LogP contribution in [-0.2, 0) is 27.4 Å². The molecular formula is C23H16F9N5O3S. The lowest BCUT2D eigenvalue weighted by Crippen LogP contribution is -2.27. The van der Waals surface area contributed by atoms with Gasteiger partial charge in [0.1, 0.15) is 17.3 Å². The van der Waals surface area contributed by atoms with Gasteiger partial charge in [0.15, 0.2) is 5.82 Å². The molecule has 2 aromatic carbocycles. The molecule has 18 heteroatoms. The highest BCUT2D eigenvalue weighted by Gasteiger charge is 2.39. The second-order valence-electron chi connectivity index (χ2n) is 7.99. The first kappa shape index (κ1) is 31.3. The van der Waals surface area contributed by atoms with Gasteiger partial charge in [0.05, 0.1) is 11.8 Å². The Morgan fingerprint density at radius 1 is 0.976 bits per heavy atom. The second-order valence-corrected chi connectivity index (χ2v) is 9.80. The lowest BCUT2D eigenvalue weighted by molar-refractivity contribution is -0.169. The van der Waals surface area contributed by atoms with Crippen LogP contribution in [0.25, 0.3) is 11.3 Å². The van der Waals surface area contributed by atoms with Gasteiger partial charge in [-0.2, -0.15) is 30.7 Å². The molecule has 41 heavy (non-hydrogen) atoms. The highest BCUT2D eigenvalue weighted by Crippen LogP contribution is 2.33. The Bertz CT molecular complexity index is 1500. The van der Waals surface area contributed by atoms with Crippen LogP contribution in [0, 0.1) is 17.5 Å². The quantitative estimate of drug-likeness (QED) is 0.269. The maximum atomic E-state index is 14.3. The first-order valence-corrected chi connectivity index (χ1v) is 12.5. The number of benzene rings is 2. The molecule has 220 valence electrons. The van der Waals surface area contributed by atoms with Gasteiger partial charge in [0.25, 0.3) is 0 Å². The van der Waals surface area contributed by atoms with Crippen molar-refractivity contribution in [3.8, 4) is 11.3 Å². The summed E-state index contributed by atoms with van der Waals surface area (Å²) in [5, 5.41) is 12.9. The van der Waals surface area contributed by atoms with Crippen molar-refractivity contribution in [3.63, 3.8) is 0 Å². The summed E-state index contributed by atoms with van der Waals surface area (Å²) in [5.74, 6) is -7.37. The number of nitrogens with zero attached hydrogens (tertiary/aromatic N) is 3. The number of carbonyl (C=O) groups is 2. The predicted molar refractivity (Wildman–Crippen MR) is 128 cm³/mol. The molecule has 1 unspecified atom stereocenters. The van der Waals surface area contributed by atoms with Crippen LogP contribution >= 0.6 is 0 Å². The van der Waals surface area contributed by atoms with E-state index in [1.165, 1.54) is 0 Å². The average Bonchev–Trinajstić information content (AvgIpc) is 2.84. The molecular weight excluding hydrogens is 597 g/mol. The largest absolute Gasteiger partial charge is 0.474 e. The van der Waals surface area contributed by atoms with Crippen molar-refractivity contribution < 1.29 is 54.2 Å². The summed E-state index contributed by atoms with van der Waals surface area (Å²) in [7, 11) is -1.91. The molecule has 0 saturated heterocycles. The summed E-state index contributed by atoms with van der Waals surface area (Å²) in [6.45, 7) is -0.455. The van der Waals surface area contributed by atoms with Crippen molar-refractivity contribution in [2.45, 2.75) is 18.1 Å². The van der Waals surface area contributed by atoms with Crippen molar-refractivity contribution in [1.82, 2.24) is 15.3 Å². The number of hydrogen-bond donors (Lipinski definition) is 3. The van der Waals surface area contributed by atoms with E-state index in [4.69, 9.17) is 5.11 Å². The Balaban J connectivity index is 2.00. The number of hydrogen-bond acceptors (Lipinski definition) is 5. The van der Waals surface area contributed by atoms with Crippen molar-refractivity contribution in [3.05, 3.63) is 71.2 Å². The normalized spacial score (nSPS) is 12.7. The van der Waals surface area contributed by atoms with Gasteiger partial charge in [-0.15, -0.1) is 0 Å². The van der Waals surface area contributed by atoms with E-state index in [1.54, 1.807) is 0 Å². The average molecular weight is 613 g/mol. The molecule has 0 spiro atoms. The number of carboxylic acid groups (broad SMARTS) is 1. The molecule has 0 aliphatic rings. The molecule has 0 radical (unpaired) electrons. The monoisotopic (exact) mass is 613 g/mol. The number of anilines is 2. The first-order valence-electron chi connectivity index (χ1n) is 11.0. The smallest absolute Gasteiger partial charge is 0.465 e. The molecule has 1 atom stereocenters. The van der Waals surface area contributed by atoms with Gasteiger partial charge in [-0.3, -0.25) is 4.79 Å². The number of alkyl halides is 6. The lowest BCUT2D eigenvalue weighted by Gasteiger charge is -2.15. The first-order chi connectivity index (χ1) is 19.0. The van der Waals surface area contributed by atoms with E-state index in [1.807, 2.05) is 5.32 Å². The molecule has 8 nitrogen and oxygen atoms in total. The van der Waals surface area contributed by atoms with E-state index in [0.717, 1.165) is 18.2 Å². The maximum Gasteiger partial charge on any atom is 0.474 e. The molecule has 3 aromatic rings. The van der Waals surface area contributed by atoms with Crippen LogP contribution in [0.3, 0.4) is 0 Å². The van der Waals surface area contributed by atoms with E-state index >= 15 is 0 Å². The minimum atomic E-state index is -5.37. The van der Waals surface area contributed by atoms with E-state index in [2.05, 4.69) is 19.6 Å². The Morgan fingerprint density at radius 3 is 2.29 bits per heavy atom. The number of nitrogens with one attached hydrogen (secondary N) is 2. The van der Waals surface area contributed by atoms with Gasteiger partial charge in [-0.1, -0.05) is 10.7 Å². The Morgan fingerprint density at radius 2 is 1.68 bits per heavy atom. The van der Waals surface area contributed by atoms with Crippen LogP contribution in [-0.4, -0.2) is 45.5 Å². The summed E-state index contributed by atoms with van der Waals surface area (Å²) in [6.07, 6.45) is -11.3. The van der Waals surface area contributed by atoms with Crippen LogP contribution in [0.15, 0.2) is 47.0 Å². The minimum Gasteiger partial charge on any atom is -0.465 e. The molecule has 0 aliphatic heterocycles. The summed E-state index contributed by atoms with van der Waals surface area (Å²) in [6, 6.07) is 4.38. The van der Waals surface area contributed by atoms with E-state index in [-0.39, 0.29) is 11.3 Å². The fourth-order valence-corrected chi connectivity index (χ4v) is 4.75. The molecule has 0 bridgehead atoms. The van der Waals surface area contributed by atoms with Crippen molar-refractivity contribution in [1.29, 1.82) is 0 Å². The van der Waals surface area contributed by atoms with Crippen molar-refractivity contribution in [2.24, 2.45) is 4.36 Å². The van der Waals surface area contributed by atoms with Gasteiger partial charge in [0, 0.05) is 35.4 Å². The van der Waals surface area contributed by atoms with Crippen molar-refractivity contribution >= 4 is 34.3 Å². The SMILES string of the molecule is O=C(O)NCC/S(Cc1cc(Nc2ncc(F)c(-c3ccc(F)cc3F)n2)cc(C(F)(F)F)c1)=N\C(=O)C(F)(F)F. The number of rotatable bonds is 8. The highest BCUT2D eigenvalue weighted by molar-refractivity contribution is 7.86. The highest BCUT2D eigenvalue weighted by atomic mass is 32.2. The van der Waals surface area contributed by atoms with Crippen LogP contribution < -0.4 is 10.6 Å². The Kier molecular flexibility index (Phi) is 9.57. The maximum absolute atomic E-state index is 14.3. The van der Waals surface area contributed by atoms with E-state index in [0.29, 0.717) is 24.4 Å². The van der Waals surface area contributed by atoms with E-state index in [9.17, 15) is 49.1 Å². The van der Waals surface area contributed by atoms with Crippen LogP contribution in [0.4, 0.5) is 55.9 Å². The fourth-order valence-electron chi connectivity index (χ4n) is 3.23. The summed E-state index contributed by atoms with van der Waals surface area (Å²) in [4.78, 5) is 29.4. The number of halogens is 9. The van der Waals surface area contributed by atoms with Gasteiger partial charge in [-0.05, 0) is 35.9 Å². The zero-order chi connectivity index (χ0) is 30.5. The summed E-state index contributed by atoms with van der Waals surface area (Å²) in [5.41, 5.74) is -3.04. The molecule has 1 aromatic heterocycles. The number of aromatic nitrogens is 2.